The van der Waals surface area contributed by atoms with E-state index in [0.717, 1.165) is 5.56 Å². The number of amides is 1. The van der Waals surface area contributed by atoms with Crippen molar-refractivity contribution in [3.8, 4) is 11.8 Å². The van der Waals surface area contributed by atoms with E-state index in [0.29, 0.717) is 24.4 Å². The van der Waals surface area contributed by atoms with E-state index in [1.807, 2.05) is 43.3 Å². The van der Waals surface area contributed by atoms with Crippen LogP contribution in [0.3, 0.4) is 0 Å². The Hall–Kier alpha value is -3.59. The molecule has 2 aromatic rings. The molecular weight excluding hydrogens is 356 g/mol. The fourth-order valence-electron chi connectivity index (χ4n) is 2.48. The molecule has 0 spiro atoms. The number of rotatable bonds is 8. The maximum Gasteiger partial charge on any atom is 0.349 e. The summed E-state index contributed by atoms with van der Waals surface area (Å²) in [7, 11) is 1.55. The molecule has 2 aromatic carbocycles. The van der Waals surface area contributed by atoms with Crippen molar-refractivity contribution in [2.75, 3.05) is 20.3 Å². The summed E-state index contributed by atoms with van der Waals surface area (Å²) in [4.78, 5) is 26.1. The summed E-state index contributed by atoms with van der Waals surface area (Å²) in [6.45, 7) is 2.35. The number of ether oxygens (including phenoxy) is 2. The van der Waals surface area contributed by atoms with Crippen LogP contribution in [-0.2, 0) is 20.9 Å². The monoisotopic (exact) mass is 378 g/mol. The topological polar surface area (TPSA) is 79.6 Å². The molecule has 28 heavy (non-hydrogen) atoms. The Kier molecular flexibility index (Phi) is 7.79. The maximum absolute atomic E-state index is 12.4. The standard InChI is InChI=1S/C22H22N2O4/c1-3-24(15-18-7-5-4-6-8-18)21(25)16-28-22(26)19(14-23)13-17-9-11-20(27-2)12-10-17/h4-13H,3,15-16H2,1-2H3/b19-13-. The SMILES string of the molecule is CCN(Cc1ccccc1)C(=O)COC(=O)/C(C#N)=C\c1ccc(OC)cc1. The van der Waals surface area contributed by atoms with Crippen LogP contribution in [0.15, 0.2) is 60.2 Å². The number of esters is 1. The molecule has 2 rings (SSSR count). The maximum atomic E-state index is 12.4. The van der Waals surface area contributed by atoms with E-state index in [4.69, 9.17) is 9.47 Å². The van der Waals surface area contributed by atoms with Gasteiger partial charge in [-0.3, -0.25) is 4.79 Å². The van der Waals surface area contributed by atoms with Gasteiger partial charge in [-0.05, 0) is 36.3 Å². The van der Waals surface area contributed by atoms with Crippen LogP contribution >= 0.6 is 0 Å². The molecular formula is C22H22N2O4. The third-order valence-corrected chi connectivity index (χ3v) is 4.04. The summed E-state index contributed by atoms with van der Waals surface area (Å²) in [6, 6.07) is 18.2. The first kappa shape index (κ1) is 20.7. The number of hydrogen-bond donors (Lipinski definition) is 0. The molecule has 0 N–H and O–H groups in total. The van der Waals surface area contributed by atoms with Crippen molar-refractivity contribution in [1.82, 2.24) is 4.90 Å². The molecule has 0 heterocycles. The van der Waals surface area contributed by atoms with Gasteiger partial charge in [0.15, 0.2) is 6.61 Å². The number of likely N-dealkylation sites (N-methyl/N-ethyl adjacent to an activating group) is 1. The van der Waals surface area contributed by atoms with Crippen LogP contribution in [0.5, 0.6) is 5.75 Å². The molecule has 0 aliphatic carbocycles. The van der Waals surface area contributed by atoms with Gasteiger partial charge in [0.1, 0.15) is 17.4 Å². The van der Waals surface area contributed by atoms with Crippen molar-refractivity contribution in [2.24, 2.45) is 0 Å². The minimum atomic E-state index is -0.831. The van der Waals surface area contributed by atoms with Gasteiger partial charge < -0.3 is 14.4 Å². The average molecular weight is 378 g/mol. The second-order valence-corrected chi connectivity index (χ2v) is 5.91. The van der Waals surface area contributed by atoms with Crippen molar-refractivity contribution in [3.63, 3.8) is 0 Å². The van der Waals surface area contributed by atoms with Crippen LogP contribution < -0.4 is 4.74 Å². The Morgan fingerprint density at radius 2 is 1.79 bits per heavy atom. The fraction of sp³-hybridized carbons (Fsp3) is 0.227. The molecule has 0 aliphatic rings. The van der Waals surface area contributed by atoms with Gasteiger partial charge >= 0.3 is 5.97 Å². The van der Waals surface area contributed by atoms with Gasteiger partial charge in [0, 0.05) is 13.1 Å². The number of hydrogen-bond acceptors (Lipinski definition) is 5. The Bertz CT molecular complexity index is 868. The molecule has 0 radical (unpaired) electrons. The number of nitrogens with zero attached hydrogens (tertiary/aromatic N) is 2. The lowest BCUT2D eigenvalue weighted by molar-refractivity contribution is -0.148. The summed E-state index contributed by atoms with van der Waals surface area (Å²) >= 11 is 0. The molecule has 0 saturated carbocycles. The molecule has 0 unspecified atom stereocenters. The lowest BCUT2D eigenvalue weighted by atomic mass is 10.1. The van der Waals surface area contributed by atoms with Crippen molar-refractivity contribution in [3.05, 3.63) is 71.3 Å². The summed E-state index contributed by atoms with van der Waals surface area (Å²) in [5.74, 6) is -0.481. The van der Waals surface area contributed by atoms with E-state index in [2.05, 4.69) is 0 Å². The average Bonchev–Trinajstić information content (AvgIpc) is 2.75. The zero-order chi connectivity index (χ0) is 20.4. The Labute approximate surface area is 164 Å². The summed E-state index contributed by atoms with van der Waals surface area (Å²) in [5, 5.41) is 9.23. The summed E-state index contributed by atoms with van der Waals surface area (Å²) in [5.41, 5.74) is 1.46. The summed E-state index contributed by atoms with van der Waals surface area (Å²) < 4.78 is 10.1. The molecule has 0 saturated heterocycles. The molecule has 0 fully saturated rings. The van der Waals surface area contributed by atoms with E-state index in [1.54, 1.807) is 36.3 Å². The van der Waals surface area contributed by atoms with Crippen molar-refractivity contribution >= 4 is 18.0 Å². The largest absolute Gasteiger partial charge is 0.497 e. The van der Waals surface area contributed by atoms with Crippen LogP contribution in [-0.4, -0.2) is 37.0 Å². The quantitative estimate of drug-likeness (QED) is 0.400. The number of methoxy groups -OCH3 is 1. The Morgan fingerprint density at radius 3 is 2.36 bits per heavy atom. The smallest absolute Gasteiger partial charge is 0.349 e. The second kappa shape index (κ2) is 10.5. The van der Waals surface area contributed by atoms with Gasteiger partial charge in [0.25, 0.3) is 5.91 Å². The van der Waals surface area contributed by atoms with E-state index < -0.39 is 12.6 Å². The van der Waals surface area contributed by atoms with E-state index in [9.17, 15) is 14.9 Å². The number of carbonyl (C=O) groups excluding carboxylic acids is 2. The second-order valence-electron chi connectivity index (χ2n) is 5.91. The van der Waals surface area contributed by atoms with Crippen molar-refractivity contribution in [1.29, 1.82) is 5.26 Å². The predicted octanol–water partition coefficient (Wildman–Crippen LogP) is 3.19. The molecule has 0 atom stereocenters. The molecule has 6 heteroatoms. The molecule has 0 bridgehead atoms. The highest BCUT2D eigenvalue weighted by Crippen LogP contribution is 2.14. The van der Waals surface area contributed by atoms with Crippen LogP contribution in [0, 0.1) is 11.3 Å². The molecule has 144 valence electrons. The van der Waals surface area contributed by atoms with Gasteiger partial charge in [-0.15, -0.1) is 0 Å². The summed E-state index contributed by atoms with van der Waals surface area (Å²) in [6.07, 6.45) is 1.41. The van der Waals surface area contributed by atoms with Gasteiger partial charge in [0.05, 0.1) is 7.11 Å². The number of benzene rings is 2. The van der Waals surface area contributed by atoms with Gasteiger partial charge in [-0.1, -0.05) is 42.5 Å². The van der Waals surface area contributed by atoms with Gasteiger partial charge in [-0.2, -0.15) is 5.26 Å². The third-order valence-electron chi connectivity index (χ3n) is 4.04. The highest BCUT2D eigenvalue weighted by Gasteiger charge is 2.17. The van der Waals surface area contributed by atoms with Crippen LogP contribution in [0.2, 0.25) is 0 Å². The van der Waals surface area contributed by atoms with Crippen molar-refractivity contribution < 1.29 is 19.1 Å². The lowest BCUT2D eigenvalue weighted by Gasteiger charge is -2.20. The minimum Gasteiger partial charge on any atom is -0.497 e. The van der Waals surface area contributed by atoms with Crippen LogP contribution in [0.25, 0.3) is 6.08 Å². The first-order chi connectivity index (χ1) is 13.6. The molecule has 1 amide bonds. The first-order valence-electron chi connectivity index (χ1n) is 8.82. The van der Waals surface area contributed by atoms with Crippen LogP contribution in [0.1, 0.15) is 18.1 Å². The number of nitriles is 1. The minimum absolute atomic E-state index is 0.177. The highest BCUT2D eigenvalue weighted by molar-refractivity contribution is 5.98. The number of carbonyl (C=O) groups is 2. The molecule has 6 nitrogen and oxygen atoms in total. The highest BCUT2D eigenvalue weighted by atomic mass is 16.5. The Morgan fingerprint density at radius 1 is 1.11 bits per heavy atom. The first-order valence-corrected chi connectivity index (χ1v) is 8.82. The van der Waals surface area contributed by atoms with Gasteiger partial charge in [-0.25, -0.2) is 4.79 Å². The fourth-order valence-corrected chi connectivity index (χ4v) is 2.48. The Balaban J connectivity index is 1.96. The van der Waals surface area contributed by atoms with Gasteiger partial charge in [0.2, 0.25) is 0 Å². The zero-order valence-corrected chi connectivity index (χ0v) is 15.9. The molecule has 0 aliphatic heterocycles. The van der Waals surface area contributed by atoms with Crippen LogP contribution in [0.4, 0.5) is 0 Å². The third kappa shape index (κ3) is 5.99. The lowest BCUT2D eigenvalue weighted by Crippen LogP contribution is -2.34. The van der Waals surface area contributed by atoms with Crippen molar-refractivity contribution in [2.45, 2.75) is 13.5 Å². The zero-order valence-electron chi connectivity index (χ0n) is 15.9. The van der Waals surface area contributed by atoms with E-state index in [-0.39, 0.29) is 11.5 Å². The predicted molar refractivity (Wildman–Crippen MR) is 105 cm³/mol. The van der Waals surface area contributed by atoms with E-state index >= 15 is 0 Å². The molecule has 0 aromatic heterocycles. The normalized spacial score (nSPS) is 10.7. The van der Waals surface area contributed by atoms with E-state index in [1.165, 1.54) is 6.08 Å².